The summed E-state index contributed by atoms with van der Waals surface area (Å²) in [4.78, 5) is 25.1. The van der Waals surface area contributed by atoms with Crippen LogP contribution in [0.25, 0.3) is 0 Å². The lowest BCUT2D eigenvalue weighted by atomic mass is 10.1. The maximum absolute atomic E-state index is 12.3. The lowest BCUT2D eigenvalue weighted by Crippen LogP contribution is -2.29. The summed E-state index contributed by atoms with van der Waals surface area (Å²) in [5.41, 5.74) is 2.56. The van der Waals surface area contributed by atoms with E-state index < -0.39 is 0 Å². The van der Waals surface area contributed by atoms with Gasteiger partial charge in [-0.25, -0.2) is 9.97 Å². The number of piperidine rings is 1. The molecule has 7 heteroatoms. The first-order chi connectivity index (χ1) is 13.6. The predicted octanol–water partition coefficient (Wildman–Crippen LogP) is 2.89. The average Bonchev–Trinajstić information content (AvgIpc) is 2.72. The molecule has 2 aromatic rings. The van der Waals surface area contributed by atoms with E-state index in [1.165, 1.54) is 31.3 Å². The van der Waals surface area contributed by atoms with Crippen LogP contribution in [0.5, 0.6) is 0 Å². The van der Waals surface area contributed by atoms with E-state index in [4.69, 9.17) is 0 Å². The Bertz CT molecular complexity index is 756. The number of benzene rings is 1. The third-order valence-corrected chi connectivity index (χ3v) is 4.83. The summed E-state index contributed by atoms with van der Waals surface area (Å²) in [6.07, 6.45) is 6.18. The van der Waals surface area contributed by atoms with Crippen LogP contribution in [0.4, 0.5) is 17.2 Å². The Balaban J connectivity index is 1.55. The third-order valence-electron chi connectivity index (χ3n) is 4.83. The molecule has 1 aromatic carbocycles. The van der Waals surface area contributed by atoms with Gasteiger partial charge in [-0.05, 0) is 70.6 Å². The minimum atomic E-state index is -0.176. The summed E-state index contributed by atoms with van der Waals surface area (Å²) in [6.45, 7) is 3.82. The first kappa shape index (κ1) is 20.1. The van der Waals surface area contributed by atoms with Crippen molar-refractivity contribution in [3.63, 3.8) is 0 Å². The minimum Gasteiger partial charge on any atom is -0.372 e. The standard InChI is InChI=1S/C21H30N6O/c1-26(2)12-6-11-22-21(28)19-15-20(24-16-23-19)25-17-7-9-18(10-8-17)27-13-4-3-5-14-27/h7-10,15-16H,3-6,11-14H2,1-2H3,(H,22,28)(H,23,24,25). The zero-order chi connectivity index (χ0) is 19.8. The molecule has 1 fully saturated rings. The highest BCUT2D eigenvalue weighted by Gasteiger charge is 2.11. The van der Waals surface area contributed by atoms with Gasteiger partial charge in [0.1, 0.15) is 17.8 Å². The van der Waals surface area contributed by atoms with Gasteiger partial charge in [0.2, 0.25) is 0 Å². The van der Waals surface area contributed by atoms with E-state index in [0.717, 1.165) is 31.7 Å². The van der Waals surface area contributed by atoms with Crippen LogP contribution >= 0.6 is 0 Å². The first-order valence-electron chi connectivity index (χ1n) is 9.99. The van der Waals surface area contributed by atoms with E-state index in [1.54, 1.807) is 6.07 Å². The van der Waals surface area contributed by atoms with E-state index in [0.29, 0.717) is 18.1 Å². The van der Waals surface area contributed by atoms with E-state index in [-0.39, 0.29) is 5.91 Å². The van der Waals surface area contributed by atoms with Gasteiger partial charge in [-0.15, -0.1) is 0 Å². The van der Waals surface area contributed by atoms with E-state index in [9.17, 15) is 4.79 Å². The van der Waals surface area contributed by atoms with Gasteiger partial charge in [-0.3, -0.25) is 4.79 Å². The fraction of sp³-hybridized carbons (Fsp3) is 0.476. The molecule has 7 nitrogen and oxygen atoms in total. The van der Waals surface area contributed by atoms with Gasteiger partial charge in [0.25, 0.3) is 5.91 Å². The first-order valence-corrected chi connectivity index (χ1v) is 9.99. The van der Waals surface area contributed by atoms with Crippen LogP contribution in [0.15, 0.2) is 36.7 Å². The Hall–Kier alpha value is -2.67. The molecule has 1 aromatic heterocycles. The van der Waals surface area contributed by atoms with Crippen molar-refractivity contribution in [3.05, 3.63) is 42.4 Å². The highest BCUT2D eigenvalue weighted by Crippen LogP contribution is 2.23. The lowest BCUT2D eigenvalue weighted by molar-refractivity contribution is 0.0947. The number of carbonyl (C=O) groups is 1. The zero-order valence-corrected chi connectivity index (χ0v) is 16.8. The minimum absolute atomic E-state index is 0.176. The molecule has 1 aliphatic rings. The summed E-state index contributed by atoms with van der Waals surface area (Å²) in [5.74, 6) is 0.434. The Kier molecular flexibility index (Phi) is 7.19. The van der Waals surface area contributed by atoms with Crippen molar-refractivity contribution in [3.8, 4) is 0 Å². The van der Waals surface area contributed by atoms with Crippen LogP contribution in [0.3, 0.4) is 0 Å². The molecule has 150 valence electrons. The van der Waals surface area contributed by atoms with Gasteiger partial charge >= 0.3 is 0 Å². The molecule has 28 heavy (non-hydrogen) atoms. The van der Waals surface area contributed by atoms with Crippen LogP contribution in [-0.2, 0) is 0 Å². The molecular weight excluding hydrogens is 352 g/mol. The molecule has 0 bridgehead atoms. The number of aromatic nitrogens is 2. The normalized spacial score (nSPS) is 14.2. The second-order valence-corrected chi connectivity index (χ2v) is 7.42. The van der Waals surface area contributed by atoms with Crippen LogP contribution in [0, 0.1) is 0 Å². The highest BCUT2D eigenvalue weighted by molar-refractivity contribution is 5.92. The fourth-order valence-electron chi connectivity index (χ4n) is 3.29. The SMILES string of the molecule is CN(C)CCCNC(=O)c1cc(Nc2ccc(N3CCCCC3)cc2)ncn1. The van der Waals surface area contributed by atoms with Crippen molar-refractivity contribution in [2.24, 2.45) is 0 Å². The monoisotopic (exact) mass is 382 g/mol. The van der Waals surface area contributed by atoms with Gasteiger partial charge in [0.15, 0.2) is 0 Å². The number of hydrogen-bond acceptors (Lipinski definition) is 6. The quantitative estimate of drug-likeness (QED) is 0.684. The van der Waals surface area contributed by atoms with Gasteiger partial charge in [0, 0.05) is 37.1 Å². The smallest absolute Gasteiger partial charge is 0.270 e. The van der Waals surface area contributed by atoms with Gasteiger partial charge in [-0.1, -0.05) is 0 Å². The number of carbonyl (C=O) groups excluding carboxylic acids is 1. The summed E-state index contributed by atoms with van der Waals surface area (Å²) < 4.78 is 0. The Labute approximate surface area is 167 Å². The molecule has 3 rings (SSSR count). The number of nitrogens with zero attached hydrogens (tertiary/aromatic N) is 4. The molecule has 0 atom stereocenters. The van der Waals surface area contributed by atoms with Crippen LogP contribution < -0.4 is 15.5 Å². The molecular formula is C21H30N6O. The third kappa shape index (κ3) is 5.92. The van der Waals surface area contributed by atoms with Gasteiger partial charge in [-0.2, -0.15) is 0 Å². The Morgan fingerprint density at radius 3 is 2.57 bits per heavy atom. The van der Waals surface area contributed by atoms with Crippen molar-refractivity contribution in [2.75, 3.05) is 50.5 Å². The molecule has 0 aliphatic carbocycles. The van der Waals surface area contributed by atoms with Crippen LogP contribution in [0.2, 0.25) is 0 Å². The van der Waals surface area contributed by atoms with Crippen molar-refractivity contribution >= 4 is 23.1 Å². The molecule has 1 aliphatic heterocycles. The molecule has 0 spiro atoms. The number of amides is 1. The van der Waals surface area contributed by atoms with Crippen molar-refractivity contribution in [1.29, 1.82) is 0 Å². The number of rotatable bonds is 8. The maximum Gasteiger partial charge on any atom is 0.270 e. The molecule has 2 N–H and O–H groups in total. The summed E-state index contributed by atoms with van der Waals surface area (Å²) in [5, 5.41) is 6.16. The van der Waals surface area contributed by atoms with Crippen LogP contribution in [-0.4, -0.2) is 61.0 Å². The lowest BCUT2D eigenvalue weighted by Gasteiger charge is -2.28. The largest absolute Gasteiger partial charge is 0.372 e. The van der Waals surface area contributed by atoms with Gasteiger partial charge < -0.3 is 20.4 Å². The summed E-state index contributed by atoms with van der Waals surface area (Å²) >= 11 is 0. The van der Waals surface area contributed by atoms with E-state index in [1.807, 2.05) is 26.2 Å². The van der Waals surface area contributed by atoms with E-state index >= 15 is 0 Å². The topological polar surface area (TPSA) is 73.4 Å². The van der Waals surface area contributed by atoms with Crippen LogP contribution in [0.1, 0.15) is 36.2 Å². The fourth-order valence-corrected chi connectivity index (χ4v) is 3.29. The number of anilines is 3. The zero-order valence-electron chi connectivity index (χ0n) is 16.8. The predicted molar refractivity (Wildman–Crippen MR) is 113 cm³/mol. The molecule has 2 heterocycles. The maximum atomic E-state index is 12.3. The highest BCUT2D eigenvalue weighted by atomic mass is 16.1. The number of nitrogens with one attached hydrogen (secondary N) is 2. The molecule has 1 amide bonds. The summed E-state index contributed by atoms with van der Waals surface area (Å²) in [6, 6.07) is 10.0. The van der Waals surface area contributed by atoms with Crippen molar-refractivity contribution < 1.29 is 4.79 Å². The molecule has 0 unspecified atom stereocenters. The molecule has 1 saturated heterocycles. The average molecular weight is 383 g/mol. The van der Waals surface area contributed by atoms with Crippen molar-refractivity contribution in [2.45, 2.75) is 25.7 Å². The second-order valence-electron chi connectivity index (χ2n) is 7.42. The van der Waals surface area contributed by atoms with Crippen molar-refractivity contribution in [1.82, 2.24) is 20.2 Å². The molecule has 0 radical (unpaired) electrons. The molecule has 0 saturated carbocycles. The Morgan fingerprint density at radius 2 is 1.86 bits per heavy atom. The van der Waals surface area contributed by atoms with E-state index in [2.05, 4.69) is 42.5 Å². The number of hydrogen-bond donors (Lipinski definition) is 2. The summed E-state index contributed by atoms with van der Waals surface area (Å²) in [7, 11) is 4.03. The second kappa shape index (κ2) is 10.0. The van der Waals surface area contributed by atoms with Gasteiger partial charge in [0.05, 0.1) is 0 Å². The Morgan fingerprint density at radius 1 is 1.11 bits per heavy atom.